The Morgan fingerprint density at radius 3 is 3.33 bits per heavy atom. The fraction of sp³-hybridized carbons (Fsp3) is 0.625. The zero-order valence-corrected chi connectivity index (χ0v) is 9.74. The van der Waals surface area contributed by atoms with Crippen LogP contribution in [0, 0.1) is 0 Å². The van der Waals surface area contributed by atoms with Crippen LogP contribution in [0.3, 0.4) is 0 Å². The zero-order valence-electron chi connectivity index (χ0n) is 8.10. The van der Waals surface area contributed by atoms with Crippen molar-refractivity contribution < 1.29 is 4.79 Å². The van der Waals surface area contributed by atoms with E-state index in [-0.39, 0.29) is 5.91 Å². The Balaban J connectivity index is 1.76. The highest BCUT2D eigenvalue weighted by Gasteiger charge is 2.16. The van der Waals surface area contributed by atoms with Crippen LogP contribution >= 0.6 is 23.3 Å². The van der Waals surface area contributed by atoms with E-state index >= 15 is 0 Å². The van der Waals surface area contributed by atoms with Crippen LogP contribution in [0.2, 0.25) is 0 Å². The van der Waals surface area contributed by atoms with Crippen molar-refractivity contribution in [1.82, 2.24) is 14.9 Å². The summed E-state index contributed by atoms with van der Waals surface area (Å²) in [5, 5.41) is 10.5. The summed E-state index contributed by atoms with van der Waals surface area (Å²) in [5.41, 5.74) is 0. The Morgan fingerprint density at radius 2 is 2.67 bits per heavy atom. The Labute approximate surface area is 96.2 Å². The molecule has 2 N–H and O–H groups in total. The first kappa shape index (κ1) is 10.8. The summed E-state index contributed by atoms with van der Waals surface area (Å²) < 4.78 is 3.68. The van der Waals surface area contributed by atoms with Crippen molar-refractivity contribution in [1.29, 1.82) is 0 Å². The number of hydrogen-bond donors (Lipinski definition) is 2. The van der Waals surface area contributed by atoms with Crippen molar-refractivity contribution in [3.8, 4) is 0 Å². The average Bonchev–Trinajstić information content (AvgIpc) is 2.71. The highest BCUT2D eigenvalue weighted by molar-refractivity contribution is 7.99. The maximum atomic E-state index is 11.6. The van der Waals surface area contributed by atoms with Crippen molar-refractivity contribution >= 4 is 34.2 Å². The van der Waals surface area contributed by atoms with Crippen LogP contribution in [0.5, 0.6) is 0 Å². The van der Waals surface area contributed by atoms with Crippen molar-refractivity contribution in [3.63, 3.8) is 0 Å². The predicted molar refractivity (Wildman–Crippen MR) is 62.3 cm³/mol. The van der Waals surface area contributed by atoms with Crippen LogP contribution in [0.4, 0.5) is 5.00 Å². The molecule has 1 aliphatic rings. The summed E-state index contributed by atoms with van der Waals surface area (Å²) in [6.07, 6.45) is 2.08. The molecule has 1 saturated heterocycles. The molecule has 15 heavy (non-hydrogen) atoms. The summed E-state index contributed by atoms with van der Waals surface area (Å²) in [6, 6.07) is 0.296. The predicted octanol–water partition coefficient (Wildman–Crippen LogP) is 0.572. The van der Waals surface area contributed by atoms with Crippen molar-refractivity contribution in [3.05, 3.63) is 6.20 Å². The molecule has 1 aromatic rings. The second kappa shape index (κ2) is 5.43. The van der Waals surface area contributed by atoms with Crippen LogP contribution in [0.25, 0.3) is 0 Å². The van der Waals surface area contributed by atoms with E-state index in [0.717, 1.165) is 18.1 Å². The molecule has 0 spiro atoms. The van der Waals surface area contributed by atoms with Gasteiger partial charge in [-0.1, -0.05) is 4.49 Å². The van der Waals surface area contributed by atoms with Crippen molar-refractivity contribution in [2.75, 3.05) is 23.4 Å². The topological polar surface area (TPSA) is 66.9 Å². The molecule has 82 valence electrons. The standard InChI is InChI=1S/C8H12N4OS2/c13-7(11-8-4-10-12-15-8)3-6-5-14-2-1-9-6/h4,6,9H,1-3,5H2,(H,11,13). The summed E-state index contributed by atoms with van der Waals surface area (Å²) in [4.78, 5) is 11.6. The molecule has 0 aromatic carbocycles. The number of thioether (sulfide) groups is 1. The first-order valence-corrected chi connectivity index (χ1v) is 6.66. The first-order chi connectivity index (χ1) is 7.34. The minimum Gasteiger partial charge on any atom is -0.315 e. The van der Waals surface area contributed by atoms with E-state index in [2.05, 4.69) is 20.2 Å². The fourth-order valence-corrected chi connectivity index (χ4v) is 2.77. The number of nitrogens with one attached hydrogen (secondary N) is 2. The largest absolute Gasteiger partial charge is 0.315 e. The molecule has 1 fully saturated rings. The average molecular weight is 244 g/mol. The molecule has 0 saturated carbocycles. The van der Waals surface area contributed by atoms with Gasteiger partial charge in [-0.2, -0.15) is 11.8 Å². The SMILES string of the molecule is O=C(CC1CSCCN1)Nc1cnns1. The van der Waals surface area contributed by atoms with E-state index in [0.29, 0.717) is 17.5 Å². The van der Waals surface area contributed by atoms with Gasteiger partial charge in [0.2, 0.25) is 5.91 Å². The third-order valence-electron chi connectivity index (χ3n) is 2.05. The highest BCUT2D eigenvalue weighted by Crippen LogP contribution is 2.13. The van der Waals surface area contributed by atoms with E-state index < -0.39 is 0 Å². The van der Waals surface area contributed by atoms with E-state index in [9.17, 15) is 4.79 Å². The van der Waals surface area contributed by atoms with Gasteiger partial charge < -0.3 is 10.6 Å². The van der Waals surface area contributed by atoms with Gasteiger partial charge in [-0.3, -0.25) is 4.79 Å². The molecule has 1 amide bonds. The van der Waals surface area contributed by atoms with E-state index in [1.165, 1.54) is 11.5 Å². The molecule has 5 nitrogen and oxygen atoms in total. The minimum absolute atomic E-state index is 0.0288. The molecule has 1 unspecified atom stereocenters. The van der Waals surface area contributed by atoms with Gasteiger partial charge in [0.1, 0.15) is 5.00 Å². The third-order valence-corrected chi connectivity index (χ3v) is 3.77. The number of carbonyl (C=O) groups is 1. The van der Waals surface area contributed by atoms with Gasteiger partial charge in [-0.25, -0.2) is 0 Å². The second-order valence-corrected chi connectivity index (χ2v) is 5.20. The van der Waals surface area contributed by atoms with Gasteiger partial charge in [0.15, 0.2) is 0 Å². The van der Waals surface area contributed by atoms with Gasteiger partial charge in [-0.15, -0.1) is 5.10 Å². The molecule has 0 bridgehead atoms. The van der Waals surface area contributed by atoms with E-state index in [1.54, 1.807) is 6.20 Å². The van der Waals surface area contributed by atoms with Gasteiger partial charge in [0.25, 0.3) is 0 Å². The highest BCUT2D eigenvalue weighted by atomic mass is 32.2. The smallest absolute Gasteiger partial charge is 0.226 e. The lowest BCUT2D eigenvalue weighted by Gasteiger charge is -2.22. The summed E-state index contributed by atoms with van der Waals surface area (Å²) in [5.74, 6) is 2.17. The lowest BCUT2D eigenvalue weighted by Crippen LogP contribution is -2.39. The molecule has 2 heterocycles. The van der Waals surface area contributed by atoms with Crippen LogP contribution in [-0.2, 0) is 4.79 Å². The molecule has 1 aliphatic heterocycles. The molecule has 7 heteroatoms. The number of hydrogen-bond acceptors (Lipinski definition) is 6. The molecule has 2 rings (SSSR count). The third kappa shape index (κ3) is 3.44. The summed E-state index contributed by atoms with van der Waals surface area (Å²) in [7, 11) is 0. The van der Waals surface area contributed by atoms with Gasteiger partial charge in [0.05, 0.1) is 6.20 Å². The Kier molecular flexibility index (Phi) is 3.93. The summed E-state index contributed by atoms with van der Waals surface area (Å²) >= 11 is 3.08. The Bertz CT molecular complexity index is 310. The number of rotatable bonds is 3. The Hall–Kier alpha value is -0.660. The van der Waals surface area contributed by atoms with E-state index in [1.807, 2.05) is 11.8 Å². The summed E-state index contributed by atoms with van der Waals surface area (Å²) in [6.45, 7) is 0.991. The monoisotopic (exact) mass is 244 g/mol. The van der Waals surface area contributed by atoms with Crippen molar-refractivity contribution in [2.45, 2.75) is 12.5 Å². The first-order valence-electron chi connectivity index (χ1n) is 4.73. The maximum Gasteiger partial charge on any atom is 0.226 e. The van der Waals surface area contributed by atoms with Crippen LogP contribution in [0.15, 0.2) is 6.20 Å². The molecular weight excluding hydrogens is 232 g/mol. The number of carbonyl (C=O) groups excluding carboxylic acids is 1. The molecule has 0 aliphatic carbocycles. The van der Waals surface area contributed by atoms with Gasteiger partial charge in [-0.05, 0) is 0 Å². The van der Waals surface area contributed by atoms with E-state index in [4.69, 9.17) is 0 Å². The fourth-order valence-electron chi connectivity index (χ4n) is 1.39. The maximum absolute atomic E-state index is 11.6. The minimum atomic E-state index is 0.0288. The van der Waals surface area contributed by atoms with Gasteiger partial charge in [0, 0.05) is 42.0 Å². The quantitative estimate of drug-likeness (QED) is 0.814. The lowest BCUT2D eigenvalue weighted by molar-refractivity contribution is -0.116. The molecule has 1 aromatic heterocycles. The molecule has 0 radical (unpaired) electrons. The second-order valence-electron chi connectivity index (χ2n) is 3.26. The number of nitrogens with zero attached hydrogens (tertiary/aromatic N) is 2. The van der Waals surface area contributed by atoms with Gasteiger partial charge >= 0.3 is 0 Å². The van der Waals surface area contributed by atoms with Crippen LogP contribution in [0.1, 0.15) is 6.42 Å². The lowest BCUT2D eigenvalue weighted by atomic mass is 10.2. The normalized spacial score (nSPS) is 21.2. The van der Waals surface area contributed by atoms with Crippen LogP contribution in [-0.4, -0.2) is 39.6 Å². The van der Waals surface area contributed by atoms with Crippen LogP contribution < -0.4 is 10.6 Å². The molecular formula is C8H12N4OS2. The van der Waals surface area contributed by atoms with Crippen molar-refractivity contribution in [2.24, 2.45) is 0 Å². The molecule has 1 atom stereocenters. The zero-order chi connectivity index (χ0) is 10.5. The number of aromatic nitrogens is 2. The number of amides is 1. The Morgan fingerprint density at radius 1 is 1.73 bits per heavy atom. The number of anilines is 1.